The molecule has 0 spiro atoms. The smallest absolute Gasteiger partial charge is 0.118 e. The zero-order valence-corrected chi connectivity index (χ0v) is 26.8. The molecule has 2 atom stereocenters. The van der Waals surface area contributed by atoms with Gasteiger partial charge in [-0.25, -0.2) is 0 Å². The molecule has 0 saturated carbocycles. The van der Waals surface area contributed by atoms with Gasteiger partial charge in [-0.05, 0) is 46.5 Å². The van der Waals surface area contributed by atoms with E-state index in [0.717, 1.165) is 5.75 Å². The lowest BCUT2D eigenvalue weighted by molar-refractivity contribution is 0.415. The lowest BCUT2D eigenvalue weighted by Crippen LogP contribution is -2.25. The highest BCUT2D eigenvalue weighted by molar-refractivity contribution is 9.04. The SMILES string of the molecule is COc1ccc(P2(=S)SC(C(c3ccccc3)c3ccccc3)SC(C(c3ccccc3)c3ccccc3)S2)cc1. The fourth-order valence-corrected chi connectivity index (χ4v) is 23.4. The molecule has 1 aliphatic heterocycles. The second-order valence-electron chi connectivity index (χ2n) is 9.88. The first-order valence-corrected chi connectivity index (χ1v) is 20.3. The van der Waals surface area contributed by atoms with Crippen LogP contribution >= 0.6 is 39.0 Å². The van der Waals surface area contributed by atoms with Gasteiger partial charge in [-0.1, -0.05) is 156 Å². The van der Waals surface area contributed by atoms with Gasteiger partial charge in [-0.3, -0.25) is 0 Å². The first-order chi connectivity index (χ1) is 20.1. The van der Waals surface area contributed by atoms with Crippen LogP contribution < -0.4 is 10.0 Å². The van der Waals surface area contributed by atoms with Gasteiger partial charge >= 0.3 is 0 Å². The molecular weight excluding hydrogens is 596 g/mol. The maximum atomic E-state index is 6.77. The number of rotatable bonds is 8. The number of thioether (sulfide) groups is 1. The molecule has 0 aromatic heterocycles. The van der Waals surface area contributed by atoms with Gasteiger partial charge in [-0.15, -0.1) is 11.8 Å². The summed E-state index contributed by atoms with van der Waals surface area (Å²) in [6, 6.07) is 52.4. The molecule has 0 aliphatic carbocycles. The van der Waals surface area contributed by atoms with Crippen molar-refractivity contribution in [3.63, 3.8) is 0 Å². The predicted octanol–water partition coefficient (Wildman–Crippen LogP) is 10.2. The summed E-state index contributed by atoms with van der Waals surface area (Å²) in [5.41, 5.74) is 5.34. The Kier molecular flexibility index (Phi) is 9.29. The Morgan fingerprint density at radius 3 is 1.20 bits per heavy atom. The number of methoxy groups -OCH3 is 1. The average molecular weight is 627 g/mol. The molecule has 2 unspecified atom stereocenters. The summed E-state index contributed by atoms with van der Waals surface area (Å²) in [6.45, 7) is 0. The van der Waals surface area contributed by atoms with Crippen molar-refractivity contribution in [2.75, 3.05) is 7.11 Å². The zero-order chi connectivity index (χ0) is 28.1. The largest absolute Gasteiger partial charge is 0.497 e. The lowest BCUT2D eigenvalue weighted by atomic mass is 9.92. The van der Waals surface area contributed by atoms with Crippen molar-refractivity contribution in [1.29, 1.82) is 0 Å². The van der Waals surface area contributed by atoms with E-state index in [2.05, 4.69) is 157 Å². The highest BCUT2D eigenvalue weighted by Crippen LogP contribution is 2.79. The third-order valence-electron chi connectivity index (χ3n) is 7.32. The molecule has 1 saturated heterocycles. The second kappa shape index (κ2) is 13.3. The summed E-state index contributed by atoms with van der Waals surface area (Å²) >= 11 is 12.9. The minimum atomic E-state index is -2.11. The van der Waals surface area contributed by atoms with Crippen molar-refractivity contribution >= 4 is 56.1 Å². The molecule has 0 N–H and O–H groups in total. The van der Waals surface area contributed by atoms with Crippen molar-refractivity contribution in [1.82, 2.24) is 0 Å². The Labute approximate surface area is 261 Å². The standard InChI is InChI=1S/C35H31OPS4/c1-36-30-22-24-31(25-23-30)37(38)40-34(32(26-14-6-2-7-15-26)27-16-8-3-9-17-27)39-35(41-37)33(28-18-10-4-11-19-28)29-20-12-5-13-21-29/h2-25,32-35H,1H3. The van der Waals surface area contributed by atoms with Crippen LogP contribution in [0.15, 0.2) is 146 Å². The molecule has 6 heteroatoms. The van der Waals surface area contributed by atoms with Gasteiger partial charge in [0.1, 0.15) is 5.75 Å². The van der Waals surface area contributed by atoms with Crippen molar-refractivity contribution in [3.8, 4) is 5.75 Å². The van der Waals surface area contributed by atoms with Crippen molar-refractivity contribution in [3.05, 3.63) is 168 Å². The summed E-state index contributed by atoms with van der Waals surface area (Å²) in [5, 5.41) is 1.25. The third-order valence-corrected chi connectivity index (χ3v) is 21.0. The van der Waals surface area contributed by atoms with Gasteiger partial charge in [0.2, 0.25) is 0 Å². The Morgan fingerprint density at radius 2 is 0.878 bits per heavy atom. The van der Waals surface area contributed by atoms with Gasteiger partial charge in [-0.2, -0.15) is 0 Å². The van der Waals surface area contributed by atoms with Crippen LogP contribution in [-0.2, 0) is 11.8 Å². The van der Waals surface area contributed by atoms with Crippen LogP contribution in [-0.4, -0.2) is 16.3 Å². The minimum absolute atomic E-state index is 0.212. The fourth-order valence-electron chi connectivity index (χ4n) is 5.30. The molecule has 5 aromatic carbocycles. The molecule has 5 aromatic rings. The Hall–Kier alpha value is -2.40. The fraction of sp³-hybridized carbons (Fsp3) is 0.143. The van der Waals surface area contributed by atoms with E-state index in [4.69, 9.17) is 16.5 Å². The van der Waals surface area contributed by atoms with Crippen LogP contribution in [0.4, 0.5) is 0 Å². The molecular formula is C35H31OPS4. The molecule has 0 amide bonds. The first kappa shape index (κ1) is 28.7. The van der Waals surface area contributed by atoms with Gasteiger partial charge in [0.15, 0.2) is 0 Å². The maximum Gasteiger partial charge on any atom is 0.118 e. The van der Waals surface area contributed by atoms with Crippen LogP contribution in [0.5, 0.6) is 5.75 Å². The van der Waals surface area contributed by atoms with E-state index in [1.54, 1.807) is 7.11 Å². The number of hydrogen-bond donors (Lipinski definition) is 0. The number of hydrogen-bond acceptors (Lipinski definition) is 5. The number of ether oxygens (including phenoxy) is 1. The maximum absolute atomic E-state index is 6.77. The van der Waals surface area contributed by atoms with Gasteiger partial charge in [0.05, 0.1) is 20.7 Å². The van der Waals surface area contributed by atoms with Gasteiger partial charge < -0.3 is 4.74 Å². The van der Waals surface area contributed by atoms with E-state index in [9.17, 15) is 0 Å². The van der Waals surface area contributed by atoms with E-state index >= 15 is 0 Å². The van der Waals surface area contributed by atoms with E-state index in [-0.39, 0.29) is 21.0 Å². The Balaban J connectivity index is 1.50. The highest BCUT2D eigenvalue weighted by atomic mass is 33.2. The monoisotopic (exact) mass is 626 g/mol. The van der Waals surface area contributed by atoms with Crippen LogP contribution in [0.1, 0.15) is 34.1 Å². The van der Waals surface area contributed by atoms with Crippen molar-refractivity contribution < 1.29 is 4.74 Å². The van der Waals surface area contributed by atoms with Gasteiger partial charge in [0.25, 0.3) is 0 Å². The molecule has 206 valence electrons. The highest BCUT2D eigenvalue weighted by Gasteiger charge is 2.44. The zero-order valence-electron chi connectivity index (χ0n) is 22.7. The average Bonchev–Trinajstić information content (AvgIpc) is 3.03. The van der Waals surface area contributed by atoms with Crippen molar-refractivity contribution in [2.24, 2.45) is 0 Å². The van der Waals surface area contributed by atoms with E-state index in [1.807, 2.05) is 22.8 Å². The van der Waals surface area contributed by atoms with Crippen molar-refractivity contribution in [2.45, 2.75) is 21.0 Å². The van der Waals surface area contributed by atoms with Crippen LogP contribution in [0.2, 0.25) is 0 Å². The molecule has 1 aliphatic rings. The normalized spacial score (nSPS) is 20.7. The van der Waals surface area contributed by atoms with Crippen LogP contribution in [0, 0.1) is 0 Å². The van der Waals surface area contributed by atoms with E-state index in [1.165, 1.54) is 27.6 Å². The Morgan fingerprint density at radius 1 is 0.537 bits per heavy atom. The third kappa shape index (κ3) is 6.50. The number of benzene rings is 5. The van der Waals surface area contributed by atoms with E-state index < -0.39 is 4.44 Å². The topological polar surface area (TPSA) is 9.23 Å². The second-order valence-corrected chi connectivity index (χ2v) is 23.0. The molecule has 0 radical (unpaired) electrons. The minimum Gasteiger partial charge on any atom is -0.497 e. The molecule has 1 heterocycles. The summed E-state index contributed by atoms with van der Waals surface area (Å²) < 4.78 is 3.88. The van der Waals surface area contributed by atoms with E-state index in [0.29, 0.717) is 0 Å². The van der Waals surface area contributed by atoms with Gasteiger partial charge in [0, 0.05) is 17.1 Å². The first-order valence-electron chi connectivity index (χ1n) is 13.6. The molecule has 1 fully saturated rings. The lowest BCUT2D eigenvalue weighted by Gasteiger charge is -2.42. The summed E-state index contributed by atoms with van der Waals surface area (Å²) in [5.74, 6) is 1.29. The van der Waals surface area contributed by atoms with Crippen LogP contribution in [0.25, 0.3) is 0 Å². The molecule has 6 rings (SSSR count). The van der Waals surface area contributed by atoms with Crippen LogP contribution in [0.3, 0.4) is 0 Å². The summed E-state index contributed by atoms with van der Waals surface area (Å²) in [7, 11) is 1.72. The molecule has 1 nitrogen and oxygen atoms in total. The molecule has 41 heavy (non-hydrogen) atoms. The summed E-state index contributed by atoms with van der Waals surface area (Å²) in [6.07, 6.45) is 0. The quantitative estimate of drug-likeness (QED) is 0.158. The Bertz CT molecular complexity index is 1410. The summed E-state index contributed by atoms with van der Waals surface area (Å²) in [4.78, 5) is 0. The molecule has 0 bridgehead atoms. The predicted molar refractivity (Wildman–Crippen MR) is 187 cm³/mol.